The van der Waals surface area contributed by atoms with Crippen LogP contribution in [0, 0.1) is 6.92 Å². The number of thiophene rings is 1. The molecule has 0 aliphatic heterocycles. The highest BCUT2D eigenvalue weighted by Gasteiger charge is 2.16. The Bertz CT molecular complexity index is 1440. The Kier molecular flexibility index (Phi) is 5.35. The SMILES string of the molecule is Cc1nnc(SCc2nc3scc(-c4ccccc4Cl)c3c(=O)[nH]2)n1-c1ccccc1. The first kappa shape index (κ1) is 20.0. The Hall–Kier alpha value is -2.94. The van der Waals surface area contributed by atoms with Gasteiger partial charge in [-0.3, -0.25) is 9.36 Å². The minimum absolute atomic E-state index is 0.169. The average Bonchev–Trinajstić information content (AvgIpc) is 3.37. The third kappa shape index (κ3) is 3.78. The fourth-order valence-corrected chi connectivity index (χ4v) is 5.45. The van der Waals surface area contributed by atoms with Crippen molar-refractivity contribution in [2.75, 3.05) is 0 Å². The molecular formula is C22H16ClN5OS2. The maximum atomic E-state index is 12.9. The summed E-state index contributed by atoms with van der Waals surface area (Å²) in [6.45, 7) is 1.91. The number of aryl methyl sites for hydroxylation is 1. The van der Waals surface area contributed by atoms with E-state index in [1.165, 1.54) is 23.1 Å². The lowest BCUT2D eigenvalue weighted by molar-refractivity contribution is 0.866. The van der Waals surface area contributed by atoms with Crippen LogP contribution in [0.5, 0.6) is 0 Å². The monoisotopic (exact) mass is 465 g/mol. The summed E-state index contributed by atoms with van der Waals surface area (Å²) in [4.78, 5) is 21.2. The highest BCUT2D eigenvalue weighted by atomic mass is 35.5. The minimum atomic E-state index is -0.169. The van der Waals surface area contributed by atoms with Crippen molar-refractivity contribution < 1.29 is 0 Å². The third-order valence-corrected chi connectivity index (χ3v) is 6.95. The van der Waals surface area contributed by atoms with E-state index in [1.807, 2.05) is 71.5 Å². The number of halogens is 1. The van der Waals surface area contributed by atoms with Gasteiger partial charge >= 0.3 is 0 Å². The molecule has 0 unspecified atom stereocenters. The maximum Gasteiger partial charge on any atom is 0.260 e. The van der Waals surface area contributed by atoms with Gasteiger partial charge in [0.1, 0.15) is 16.5 Å². The van der Waals surface area contributed by atoms with E-state index in [0.29, 0.717) is 26.8 Å². The molecule has 6 nitrogen and oxygen atoms in total. The molecule has 3 heterocycles. The summed E-state index contributed by atoms with van der Waals surface area (Å²) in [6, 6.07) is 17.4. The van der Waals surface area contributed by atoms with Crippen molar-refractivity contribution in [2.24, 2.45) is 0 Å². The van der Waals surface area contributed by atoms with Gasteiger partial charge in [0.15, 0.2) is 5.16 Å². The lowest BCUT2D eigenvalue weighted by Gasteiger charge is -2.08. The molecule has 0 amide bonds. The van der Waals surface area contributed by atoms with Crippen LogP contribution in [0.25, 0.3) is 27.0 Å². The molecule has 3 aromatic heterocycles. The van der Waals surface area contributed by atoms with E-state index in [2.05, 4.69) is 20.2 Å². The van der Waals surface area contributed by atoms with E-state index < -0.39 is 0 Å². The van der Waals surface area contributed by atoms with Crippen LogP contribution in [0.4, 0.5) is 0 Å². The molecule has 9 heteroatoms. The zero-order chi connectivity index (χ0) is 21.4. The molecule has 5 aromatic rings. The van der Waals surface area contributed by atoms with Crippen LogP contribution >= 0.6 is 34.7 Å². The number of H-pyrrole nitrogens is 1. The van der Waals surface area contributed by atoms with Crippen LogP contribution in [-0.2, 0) is 5.75 Å². The Morgan fingerprint density at radius 1 is 1.06 bits per heavy atom. The van der Waals surface area contributed by atoms with Gasteiger partial charge in [-0.2, -0.15) is 0 Å². The zero-order valence-corrected chi connectivity index (χ0v) is 18.8. The number of benzene rings is 2. The average molecular weight is 466 g/mol. The van der Waals surface area contributed by atoms with Crippen molar-refractivity contribution in [3.05, 3.63) is 87.0 Å². The summed E-state index contributed by atoms with van der Waals surface area (Å²) in [5.41, 5.74) is 2.46. The number of nitrogens with zero attached hydrogens (tertiary/aromatic N) is 4. The molecular weight excluding hydrogens is 450 g/mol. The molecule has 0 spiro atoms. The summed E-state index contributed by atoms with van der Waals surface area (Å²) < 4.78 is 1.99. The first-order valence-corrected chi connectivity index (χ1v) is 11.7. The van der Waals surface area contributed by atoms with Crippen molar-refractivity contribution in [3.63, 3.8) is 0 Å². The van der Waals surface area contributed by atoms with Gasteiger partial charge in [0.05, 0.1) is 11.1 Å². The second-order valence-corrected chi connectivity index (χ2v) is 9.02. The number of fused-ring (bicyclic) bond motifs is 1. The molecule has 0 radical (unpaired) electrons. The lowest BCUT2D eigenvalue weighted by atomic mass is 10.1. The van der Waals surface area contributed by atoms with Crippen molar-refractivity contribution in [1.29, 1.82) is 0 Å². The Labute approximate surface area is 191 Å². The predicted octanol–water partition coefficient (Wildman–Crippen LogP) is 5.49. The molecule has 0 aliphatic rings. The van der Waals surface area contributed by atoms with Crippen LogP contribution in [0.1, 0.15) is 11.6 Å². The molecule has 0 saturated carbocycles. The number of aromatic amines is 1. The highest BCUT2D eigenvalue weighted by Crippen LogP contribution is 2.35. The van der Waals surface area contributed by atoms with Crippen LogP contribution in [0.15, 0.2) is 69.9 Å². The molecule has 31 heavy (non-hydrogen) atoms. The second-order valence-electron chi connectivity index (χ2n) is 6.81. The summed E-state index contributed by atoms with van der Waals surface area (Å²) >= 11 is 9.26. The van der Waals surface area contributed by atoms with Gasteiger partial charge in [-0.15, -0.1) is 21.5 Å². The van der Waals surface area contributed by atoms with Crippen molar-refractivity contribution in [1.82, 2.24) is 24.7 Å². The smallest absolute Gasteiger partial charge is 0.260 e. The normalized spacial score (nSPS) is 11.3. The van der Waals surface area contributed by atoms with Gasteiger partial charge in [-0.1, -0.05) is 59.8 Å². The predicted molar refractivity (Wildman–Crippen MR) is 126 cm³/mol. The fraction of sp³-hybridized carbons (Fsp3) is 0.0909. The topological polar surface area (TPSA) is 76.5 Å². The van der Waals surface area contributed by atoms with Crippen LogP contribution in [-0.4, -0.2) is 24.7 Å². The van der Waals surface area contributed by atoms with Gasteiger partial charge < -0.3 is 4.98 Å². The summed E-state index contributed by atoms with van der Waals surface area (Å²) in [5.74, 6) is 1.86. The number of nitrogens with one attached hydrogen (secondary N) is 1. The molecule has 1 N–H and O–H groups in total. The number of thioether (sulfide) groups is 1. The van der Waals surface area contributed by atoms with Crippen LogP contribution in [0.3, 0.4) is 0 Å². The van der Waals surface area contributed by atoms with E-state index in [4.69, 9.17) is 11.6 Å². The molecule has 0 atom stereocenters. The molecule has 5 rings (SSSR count). The third-order valence-electron chi connectivity index (χ3n) is 4.80. The Morgan fingerprint density at radius 2 is 1.84 bits per heavy atom. The van der Waals surface area contributed by atoms with Crippen molar-refractivity contribution >= 4 is 44.9 Å². The van der Waals surface area contributed by atoms with E-state index in [0.717, 1.165) is 27.8 Å². The first-order chi connectivity index (χ1) is 15.1. The highest BCUT2D eigenvalue weighted by molar-refractivity contribution is 7.98. The second kappa shape index (κ2) is 8.30. The van der Waals surface area contributed by atoms with Gasteiger partial charge in [0.2, 0.25) is 0 Å². The summed E-state index contributed by atoms with van der Waals surface area (Å²) in [5, 5.41) is 12.3. The van der Waals surface area contributed by atoms with E-state index in [-0.39, 0.29) is 5.56 Å². The van der Waals surface area contributed by atoms with Gasteiger partial charge in [-0.05, 0) is 25.1 Å². The van der Waals surface area contributed by atoms with E-state index >= 15 is 0 Å². The Morgan fingerprint density at radius 3 is 2.65 bits per heavy atom. The van der Waals surface area contributed by atoms with Gasteiger partial charge in [0, 0.05) is 27.2 Å². The standard InChI is InChI=1S/C22H16ClN5OS2/c1-13-26-27-22(28(13)14-7-3-2-4-8-14)31-12-18-24-20(29)19-16(11-30-21(19)25-18)15-9-5-6-10-17(15)23/h2-11H,12H2,1H3,(H,24,25,29). The maximum absolute atomic E-state index is 12.9. The Balaban J connectivity index is 1.46. The summed E-state index contributed by atoms with van der Waals surface area (Å²) in [7, 11) is 0. The molecule has 0 bridgehead atoms. The van der Waals surface area contributed by atoms with Crippen molar-refractivity contribution in [2.45, 2.75) is 17.8 Å². The largest absolute Gasteiger partial charge is 0.309 e. The number of para-hydroxylation sites is 1. The molecule has 0 saturated heterocycles. The zero-order valence-electron chi connectivity index (χ0n) is 16.4. The number of rotatable bonds is 5. The lowest BCUT2D eigenvalue weighted by Crippen LogP contribution is -2.11. The van der Waals surface area contributed by atoms with Crippen molar-refractivity contribution in [3.8, 4) is 16.8 Å². The van der Waals surface area contributed by atoms with Gasteiger partial charge in [0.25, 0.3) is 5.56 Å². The quantitative estimate of drug-likeness (QED) is 0.347. The minimum Gasteiger partial charge on any atom is -0.309 e. The van der Waals surface area contributed by atoms with Gasteiger partial charge in [-0.25, -0.2) is 4.98 Å². The van der Waals surface area contributed by atoms with E-state index in [1.54, 1.807) is 0 Å². The molecule has 0 fully saturated rings. The molecule has 154 valence electrons. The number of hydrogen-bond acceptors (Lipinski definition) is 6. The number of aromatic nitrogens is 5. The summed E-state index contributed by atoms with van der Waals surface area (Å²) in [6.07, 6.45) is 0. The first-order valence-electron chi connectivity index (χ1n) is 9.47. The van der Waals surface area contributed by atoms with Crippen LogP contribution in [0.2, 0.25) is 5.02 Å². The molecule has 0 aliphatic carbocycles. The van der Waals surface area contributed by atoms with E-state index in [9.17, 15) is 4.79 Å². The van der Waals surface area contributed by atoms with Crippen LogP contribution < -0.4 is 5.56 Å². The fourth-order valence-electron chi connectivity index (χ4n) is 3.38. The number of hydrogen-bond donors (Lipinski definition) is 1. The molecule has 2 aromatic carbocycles.